The summed E-state index contributed by atoms with van der Waals surface area (Å²) in [6.07, 6.45) is -3.98. The molecule has 0 N–H and O–H groups in total. The Kier molecular flexibility index (Phi) is 0.700. The van der Waals surface area contributed by atoms with Crippen LogP contribution < -0.4 is 0 Å². The average Bonchev–Trinajstić information content (AvgIpc) is 1.98. The van der Waals surface area contributed by atoms with Crippen molar-refractivity contribution < 1.29 is 12.7 Å². The summed E-state index contributed by atoms with van der Waals surface area (Å²) in [5, 5.41) is 0. The van der Waals surface area contributed by atoms with Gasteiger partial charge in [-0.05, 0) is 5.41 Å². The fraction of sp³-hybridized carbons (Fsp3) is 1.00. The molecule has 1 fully saturated rings. The van der Waals surface area contributed by atoms with E-state index in [4.69, 9.17) is 8.22 Å². The Balaban J connectivity index is 3.43. The highest BCUT2D eigenvalue weighted by Gasteiger charge is 2.30. The third-order valence-electron chi connectivity index (χ3n) is 1.59. The largest absolute Gasteiger partial charge is 0.328 e. The van der Waals surface area contributed by atoms with Crippen LogP contribution in [0.15, 0.2) is 0 Å². The molecular formula is C9H20N+. The third kappa shape index (κ3) is 1.98. The molecule has 0 spiro atoms. The van der Waals surface area contributed by atoms with E-state index in [1.807, 2.05) is 0 Å². The minimum Gasteiger partial charge on any atom is -0.328 e. The van der Waals surface area contributed by atoms with Gasteiger partial charge in [-0.2, -0.15) is 0 Å². The summed E-state index contributed by atoms with van der Waals surface area (Å²) in [5.74, 6) is 0. The van der Waals surface area contributed by atoms with E-state index < -0.39 is 24.7 Å². The van der Waals surface area contributed by atoms with Gasteiger partial charge in [-0.3, -0.25) is 0 Å². The zero-order chi connectivity index (χ0) is 13.2. The van der Waals surface area contributed by atoms with Gasteiger partial charge in [0.15, 0.2) is 0 Å². The van der Waals surface area contributed by atoms with Gasteiger partial charge in [0.1, 0.15) is 0 Å². The maximum Gasteiger partial charge on any atom is 0.0924 e. The lowest BCUT2D eigenvalue weighted by molar-refractivity contribution is -0.897. The van der Waals surface area contributed by atoms with Crippen LogP contribution in [0, 0.1) is 5.41 Å². The van der Waals surface area contributed by atoms with Crippen LogP contribution in [0.4, 0.5) is 0 Å². The Morgan fingerprint density at radius 2 is 1.90 bits per heavy atom. The molecule has 1 aliphatic rings. The van der Waals surface area contributed by atoms with Crippen LogP contribution in [0.2, 0.25) is 0 Å². The van der Waals surface area contributed by atoms with Crippen LogP contribution in [0.3, 0.4) is 0 Å². The summed E-state index contributed by atoms with van der Waals surface area (Å²) in [5.41, 5.74) is -1.36. The van der Waals surface area contributed by atoms with E-state index in [1.54, 1.807) is 0 Å². The van der Waals surface area contributed by atoms with E-state index in [2.05, 4.69) is 0 Å². The molecule has 60 valence electrons. The lowest BCUT2D eigenvalue weighted by atomic mass is 9.82. The number of likely N-dealkylation sites (tertiary alicyclic amines) is 1. The van der Waals surface area contributed by atoms with E-state index in [9.17, 15) is 0 Å². The first-order chi connectivity index (χ1) is 6.71. The van der Waals surface area contributed by atoms with Crippen molar-refractivity contribution in [2.45, 2.75) is 26.6 Å². The molecule has 1 heterocycles. The van der Waals surface area contributed by atoms with Gasteiger partial charge < -0.3 is 4.48 Å². The Morgan fingerprint density at radius 1 is 1.30 bits per heavy atom. The van der Waals surface area contributed by atoms with E-state index >= 15 is 0 Å². The lowest BCUT2D eigenvalue weighted by Gasteiger charge is -2.40. The Bertz CT molecular complexity index is 279. The summed E-state index contributed by atoms with van der Waals surface area (Å²) in [4.78, 5) is 0. The molecule has 0 radical (unpaired) electrons. The molecule has 1 heteroatoms. The van der Waals surface area contributed by atoms with Gasteiger partial charge >= 0.3 is 0 Å². The molecule has 0 atom stereocenters. The molecule has 1 aliphatic heterocycles. The average molecular weight is 148 g/mol. The van der Waals surface area contributed by atoms with Crippen molar-refractivity contribution in [3.8, 4) is 0 Å². The van der Waals surface area contributed by atoms with Crippen LogP contribution >= 0.6 is 0 Å². The van der Waals surface area contributed by atoms with Gasteiger partial charge in [0.2, 0.25) is 0 Å². The molecule has 0 unspecified atom stereocenters. The summed E-state index contributed by atoms with van der Waals surface area (Å²) >= 11 is 0. The van der Waals surface area contributed by atoms with E-state index in [1.165, 1.54) is 27.9 Å². The highest BCUT2D eigenvalue weighted by atomic mass is 15.3. The zero-order valence-corrected chi connectivity index (χ0v) is 7.15. The molecule has 1 nitrogen and oxygen atoms in total. The van der Waals surface area contributed by atoms with Gasteiger partial charge in [-0.25, -0.2) is 0 Å². The second kappa shape index (κ2) is 2.23. The van der Waals surface area contributed by atoms with Gasteiger partial charge in [0.25, 0.3) is 0 Å². The van der Waals surface area contributed by atoms with E-state index in [0.29, 0.717) is 0 Å². The molecule has 0 bridgehead atoms. The van der Waals surface area contributed by atoms with Crippen molar-refractivity contribution in [2.75, 3.05) is 27.1 Å². The smallest absolute Gasteiger partial charge is 0.0924 e. The molecule has 1 saturated heterocycles. The van der Waals surface area contributed by atoms with Crippen LogP contribution in [0.5, 0.6) is 0 Å². The summed E-state index contributed by atoms with van der Waals surface area (Å²) in [7, 11) is 3.07. The number of rotatable bonds is 0. The topological polar surface area (TPSA) is 0 Å². The van der Waals surface area contributed by atoms with Crippen molar-refractivity contribution in [1.82, 2.24) is 0 Å². The SMILES string of the molecule is [2H]C1([2H])C[N+](C)(C)C([2H])([2H])C([2H])([2H])C1(C)C. The number of hydrogen-bond acceptors (Lipinski definition) is 0. The number of quaternary nitrogens is 1. The van der Waals surface area contributed by atoms with Crippen LogP contribution in [-0.4, -0.2) is 31.6 Å². The minimum absolute atomic E-state index is 0.0352. The van der Waals surface area contributed by atoms with Crippen molar-refractivity contribution in [3.63, 3.8) is 0 Å². The fourth-order valence-electron chi connectivity index (χ4n) is 0.770. The highest BCUT2D eigenvalue weighted by Crippen LogP contribution is 2.31. The Labute approximate surface area is 73.1 Å². The van der Waals surface area contributed by atoms with Crippen molar-refractivity contribution in [3.05, 3.63) is 0 Å². The summed E-state index contributed by atoms with van der Waals surface area (Å²) in [6.45, 7) is 0.780. The minimum atomic E-state index is -2.23. The van der Waals surface area contributed by atoms with E-state index in [0.717, 1.165) is 0 Å². The standard InChI is InChI=1S/C9H20N/c1-9(2)5-7-10(3,4)8-6-9/h5-8H2,1-4H3/q+1/i5D2,6D2,7D2. The van der Waals surface area contributed by atoms with Gasteiger partial charge in [-0.1, -0.05) is 13.8 Å². The van der Waals surface area contributed by atoms with Crippen LogP contribution in [0.1, 0.15) is 34.8 Å². The molecule has 0 saturated carbocycles. The zero-order valence-electron chi connectivity index (χ0n) is 13.2. The first-order valence-corrected chi connectivity index (χ1v) is 3.54. The number of hydrogen-bond donors (Lipinski definition) is 0. The maximum atomic E-state index is 7.98. The monoisotopic (exact) mass is 148 g/mol. The number of piperidine rings is 1. The summed E-state index contributed by atoms with van der Waals surface area (Å²) < 4.78 is 47.5. The lowest BCUT2D eigenvalue weighted by Crippen LogP contribution is -2.48. The molecule has 0 aromatic rings. The maximum absolute atomic E-state index is 7.98. The summed E-state index contributed by atoms with van der Waals surface area (Å²) in [6, 6.07) is 0. The van der Waals surface area contributed by atoms with Crippen LogP contribution in [-0.2, 0) is 0 Å². The first kappa shape index (κ1) is 3.14. The molecule has 10 heavy (non-hydrogen) atoms. The third-order valence-corrected chi connectivity index (χ3v) is 1.59. The molecule has 0 amide bonds. The molecule has 0 aromatic heterocycles. The van der Waals surface area contributed by atoms with Crippen molar-refractivity contribution >= 4 is 0 Å². The van der Waals surface area contributed by atoms with Gasteiger partial charge in [0, 0.05) is 18.2 Å². The second-order valence-electron chi connectivity index (χ2n) is 3.88. The number of nitrogens with zero attached hydrogens (tertiary/aromatic N) is 1. The van der Waals surface area contributed by atoms with Crippen molar-refractivity contribution in [2.24, 2.45) is 5.41 Å². The highest BCUT2D eigenvalue weighted by molar-refractivity contribution is 4.71. The quantitative estimate of drug-likeness (QED) is 0.460. The predicted octanol–water partition coefficient (Wildman–Crippen LogP) is 1.88. The molecule has 1 rings (SSSR count). The van der Waals surface area contributed by atoms with Crippen LogP contribution in [0.25, 0.3) is 0 Å². The van der Waals surface area contributed by atoms with Gasteiger partial charge in [-0.15, -0.1) is 0 Å². The fourth-order valence-corrected chi connectivity index (χ4v) is 0.770. The predicted molar refractivity (Wildman–Crippen MR) is 44.9 cm³/mol. The Hall–Kier alpha value is -0.0400. The molecule has 0 aromatic carbocycles. The molecular weight excluding hydrogens is 122 g/mol. The molecule has 0 aliphatic carbocycles. The van der Waals surface area contributed by atoms with Crippen molar-refractivity contribution in [1.29, 1.82) is 0 Å². The Morgan fingerprint density at radius 3 is 2.50 bits per heavy atom. The first-order valence-electron chi connectivity index (χ1n) is 6.54. The normalized spacial score (nSPS) is 54.0. The van der Waals surface area contributed by atoms with Gasteiger partial charge in [0.05, 0.1) is 29.9 Å². The second-order valence-corrected chi connectivity index (χ2v) is 3.88. The van der Waals surface area contributed by atoms with E-state index in [-0.39, 0.29) is 11.0 Å².